The molecule has 1 saturated heterocycles. The van der Waals surface area contributed by atoms with Crippen molar-refractivity contribution in [2.45, 2.75) is 45.7 Å². The number of nitrogen functional groups attached to an aromatic ring is 1. The van der Waals surface area contributed by atoms with Gasteiger partial charge in [-0.3, -0.25) is 9.69 Å². The van der Waals surface area contributed by atoms with Gasteiger partial charge in [-0.25, -0.2) is 0 Å². The Morgan fingerprint density at radius 1 is 0.944 bits per heavy atom. The Morgan fingerprint density at radius 2 is 1.58 bits per heavy atom. The van der Waals surface area contributed by atoms with E-state index in [-0.39, 0.29) is 24.3 Å². The molecule has 0 aliphatic carbocycles. The summed E-state index contributed by atoms with van der Waals surface area (Å²) in [6.07, 6.45) is 4.55. The number of anilines is 3. The Balaban J connectivity index is 1.29. The van der Waals surface area contributed by atoms with Crippen molar-refractivity contribution < 1.29 is 9.53 Å². The third-order valence-electron chi connectivity index (χ3n) is 6.74. The second kappa shape index (κ2) is 11.0. The molecule has 1 amide bonds. The van der Waals surface area contributed by atoms with Gasteiger partial charge < -0.3 is 20.7 Å². The number of unbranched alkanes of at least 4 members (excludes halogenated alkanes) is 1. The summed E-state index contributed by atoms with van der Waals surface area (Å²) >= 11 is 0. The highest BCUT2D eigenvalue weighted by Crippen LogP contribution is 2.34. The molecule has 2 aromatic carbocycles. The molecule has 0 bridgehead atoms. The lowest BCUT2D eigenvalue weighted by atomic mass is 10.0. The highest BCUT2D eigenvalue weighted by Gasteiger charge is 2.27. The molecule has 0 atom stereocenters. The van der Waals surface area contributed by atoms with Crippen LogP contribution in [0.25, 0.3) is 11.1 Å². The third-order valence-corrected chi connectivity index (χ3v) is 6.74. The van der Waals surface area contributed by atoms with Gasteiger partial charge in [-0.2, -0.15) is 9.97 Å². The van der Waals surface area contributed by atoms with Crippen molar-refractivity contribution in [2.75, 3.05) is 42.2 Å². The SMILES string of the molecule is CCCCOc1nc(N)c2c(n1)N(Cc1ccc(-c3ccc(CN4CCCC4)cc3)cc1)CC(=O)N2. The van der Waals surface area contributed by atoms with Crippen LogP contribution in [0.15, 0.2) is 48.5 Å². The van der Waals surface area contributed by atoms with Crippen LogP contribution in [0.2, 0.25) is 0 Å². The minimum atomic E-state index is -0.136. The second-order valence-corrected chi connectivity index (χ2v) is 9.57. The van der Waals surface area contributed by atoms with E-state index in [0.29, 0.717) is 24.7 Å². The Morgan fingerprint density at radius 3 is 2.22 bits per heavy atom. The van der Waals surface area contributed by atoms with E-state index in [1.165, 1.54) is 42.6 Å². The van der Waals surface area contributed by atoms with E-state index in [9.17, 15) is 4.79 Å². The van der Waals surface area contributed by atoms with Gasteiger partial charge in [-0.05, 0) is 54.6 Å². The summed E-state index contributed by atoms with van der Waals surface area (Å²) in [7, 11) is 0. The van der Waals surface area contributed by atoms with Gasteiger partial charge in [0.05, 0.1) is 13.2 Å². The average Bonchev–Trinajstić information content (AvgIpc) is 3.39. The minimum Gasteiger partial charge on any atom is -0.463 e. The maximum atomic E-state index is 12.4. The standard InChI is InChI=1S/C28H34N6O2/c1-2-3-16-36-28-31-26(29)25-27(32-28)34(19-24(35)30-25)18-21-8-12-23(13-9-21)22-10-6-20(7-11-22)17-33-14-4-5-15-33/h6-13H,2-5,14-19H2,1H3,(H,30,35)(H2,29,31,32). The quantitative estimate of drug-likeness (QED) is 0.431. The molecule has 3 N–H and O–H groups in total. The summed E-state index contributed by atoms with van der Waals surface area (Å²) in [5.74, 6) is 0.669. The van der Waals surface area contributed by atoms with E-state index in [0.717, 1.165) is 24.9 Å². The molecule has 5 rings (SSSR count). The molecule has 8 nitrogen and oxygen atoms in total. The second-order valence-electron chi connectivity index (χ2n) is 9.57. The largest absolute Gasteiger partial charge is 0.463 e. The molecule has 1 fully saturated rings. The van der Waals surface area contributed by atoms with Crippen LogP contribution in [-0.2, 0) is 17.9 Å². The number of hydrogen-bond acceptors (Lipinski definition) is 7. The van der Waals surface area contributed by atoms with E-state index in [1.807, 2.05) is 4.90 Å². The van der Waals surface area contributed by atoms with Gasteiger partial charge in [-0.15, -0.1) is 0 Å². The molecular formula is C28H34N6O2. The van der Waals surface area contributed by atoms with E-state index < -0.39 is 0 Å². The van der Waals surface area contributed by atoms with Crippen molar-refractivity contribution in [1.82, 2.24) is 14.9 Å². The lowest BCUT2D eigenvalue weighted by Crippen LogP contribution is -2.39. The summed E-state index contributed by atoms with van der Waals surface area (Å²) < 4.78 is 5.68. The summed E-state index contributed by atoms with van der Waals surface area (Å²) in [6.45, 7) is 6.79. The van der Waals surface area contributed by atoms with Crippen LogP contribution >= 0.6 is 0 Å². The Bertz CT molecular complexity index is 1190. The van der Waals surface area contributed by atoms with Gasteiger partial charge in [0.15, 0.2) is 11.6 Å². The van der Waals surface area contributed by atoms with Crippen LogP contribution in [0.4, 0.5) is 17.3 Å². The van der Waals surface area contributed by atoms with Gasteiger partial charge in [0.2, 0.25) is 5.91 Å². The van der Waals surface area contributed by atoms with Crippen LogP contribution in [0.3, 0.4) is 0 Å². The molecule has 0 saturated carbocycles. The molecule has 36 heavy (non-hydrogen) atoms. The molecule has 188 valence electrons. The van der Waals surface area contributed by atoms with Crippen molar-refractivity contribution >= 4 is 23.2 Å². The van der Waals surface area contributed by atoms with E-state index in [4.69, 9.17) is 10.5 Å². The lowest BCUT2D eigenvalue weighted by molar-refractivity contribution is -0.115. The summed E-state index contributed by atoms with van der Waals surface area (Å²) in [4.78, 5) is 25.6. The Hall–Kier alpha value is -3.65. The Labute approximate surface area is 212 Å². The number of carbonyl (C=O) groups is 1. The van der Waals surface area contributed by atoms with Gasteiger partial charge in [0.25, 0.3) is 0 Å². The van der Waals surface area contributed by atoms with Crippen molar-refractivity contribution in [3.05, 3.63) is 59.7 Å². The number of amides is 1. The number of likely N-dealkylation sites (tertiary alicyclic amines) is 1. The number of nitrogens with one attached hydrogen (secondary N) is 1. The number of nitrogens with zero attached hydrogens (tertiary/aromatic N) is 4. The van der Waals surface area contributed by atoms with Gasteiger partial charge >= 0.3 is 6.01 Å². The number of ether oxygens (including phenoxy) is 1. The fourth-order valence-corrected chi connectivity index (χ4v) is 4.75. The minimum absolute atomic E-state index is 0.136. The first kappa shape index (κ1) is 24.1. The predicted molar refractivity (Wildman–Crippen MR) is 143 cm³/mol. The number of fused-ring (bicyclic) bond motifs is 1. The zero-order valence-corrected chi connectivity index (χ0v) is 20.9. The van der Waals surface area contributed by atoms with Crippen molar-refractivity contribution in [2.24, 2.45) is 0 Å². The molecule has 3 heterocycles. The predicted octanol–water partition coefficient (Wildman–Crippen LogP) is 4.46. The normalized spacial score (nSPS) is 15.6. The number of carbonyl (C=O) groups excluding carboxylic acids is 1. The van der Waals surface area contributed by atoms with Crippen molar-refractivity contribution in [3.63, 3.8) is 0 Å². The maximum absolute atomic E-state index is 12.4. The number of rotatable bonds is 9. The number of benzene rings is 2. The van der Waals surface area contributed by atoms with Crippen molar-refractivity contribution in [1.29, 1.82) is 0 Å². The molecule has 3 aromatic rings. The monoisotopic (exact) mass is 486 g/mol. The fraction of sp³-hybridized carbons (Fsp3) is 0.393. The molecule has 2 aliphatic rings. The van der Waals surface area contributed by atoms with E-state index >= 15 is 0 Å². The molecule has 0 spiro atoms. The first-order valence-corrected chi connectivity index (χ1v) is 12.8. The van der Waals surface area contributed by atoms with Crippen molar-refractivity contribution in [3.8, 4) is 17.1 Å². The Kier molecular flexibility index (Phi) is 7.32. The number of nitrogens with two attached hydrogens (primary N) is 1. The lowest BCUT2D eigenvalue weighted by Gasteiger charge is -2.30. The molecule has 0 radical (unpaired) electrons. The topological polar surface area (TPSA) is 96.6 Å². The summed E-state index contributed by atoms with van der Waals surface area (Å²) in [6, 6.07) is 17.6. The summed E-state index contributed by atoms with van der Waals surface area (Å²) in [5, 5.41) is 2.81. The number of hydrogen-bond donors (Lipinski definition) is 2. The zero-order valence-electron chi connectivity index (χ0n) is 20.9. The number of aromatic nitrogens is 2. The smallest absolute Gasteiger partial charge is 0.320 e. The third kappa shape index (κ3) is 5.60. The maximum Gasteiger partial charge on any atom is 0.320 e. The highest BCUT2D eigenvalue weighted by atomic mass is 16.5. The first-order valence-electron chi connectivity index (χ1n) is 12.8. The van der Waals surface area contributed by atoms with Gasteiger partial charge in [-0.1, -0.05) is 61.9 Å². The first-order chi connectivity index (χ1) is 17.6. The molecular weight excluding hydrogens is 452 g/mol. The fourth-order valence-electron chi connectivity index (χ4n) is 4.75. The average molecular weight is 487 g/mol. The van der Waals surface area contributed by atoms with E-state index in [2.05, 4.69) is 75.6 Å². The van der Waals surface area contributed by atoms with Crippen LogP contribution in [0, 0.1) is 0 Å². The van der Waals surface area contributed by atoms with E-state index in [1.54, 1.807) is 0 Å². The van der Waals surface area contributed by atoms with Crippen LogP contribution in [0.5, 0.6) is 6.01 Å². The molecule has 0 unspecified atom stereocenters. The molecule has 1 aromatic heterocycles. The van der Waals surface area contributed by atoms with Crippen LogP contribution < -0.4 is 20.7 Å². The summed E-state index contributed by atoms with van der Waals surface area (Å²) in [5.41, 5.74) is 11.4. The van der Waals surface area contributed by atoms with Gasteiger partial charge in [0, 0.05) is 13.1 Å². The van der Waals surface area contributed by atoms with Crippen LogP contribution in [0.1, 0.15) is 43.7 Å². The molecule has 8 heteroatoms. The highest BCUT2D eigenvalue weighted by molar-refractivity contribution is 6.03. The van der Waals surface area contributed by atoms with Gasteiger partial charge in [0.1, 0.15) is 5.69 Å². The van der Waals surface area contributed by atoms with Crippen LogP contribution in [-0.4, -0.2) is 47.0 Å². The molecule has 2 aliphatic heterocycles. The zero-order chi connectivity index (χ0) is 24.9.